The molecule has 1 aromatic heterocycles. The molecule has 0 unspecified atom stereocenters. The third-order valence-corrected chi connectivity index (χ3v) is 3.54. The largest absolute Gasteiger partial charge is 0.334 e. The molecule has 1 heterocycles. The SMILES string of the molecule is Cc1cc(C)cc(NC(=O)CSc2nncc(=O)n2N)c1. The Labute approximate surface area is 125 Å². The third-order valence-electron chi connectivity index (χ3n) is 2.59. The summed E-state index contributed by atoms with van der Waals surface area (Å²) in [5, 5.41) is 10.2. The van der Waals surface area contributed by atoms with Crippen LogP contribution in [0.3, 0.4) is 0 Å². The maximum absolute atomic E-state index is 11.9. The summed E-state index contributed by atoms with van der Waals surface area (Å²) in [7, 11) is 0. The van der Waals surface area contributed by atoms with Crippen LogP contribution >= 0.6 is 11.8 Å². The molecular formula is C13H15N5O2S. The van der Waals surface area contributed by atoms with Crippen LogP contribution in [0, 0.1) is 13.8 Å². The first-order chi connectivity index (χ1) is 9.95. The molecular weight excluding hydrogens is 290 g/mol. The smallest absolute Gasteiger partial charge is 0.291 e. The van der Waals surface area contributed by atoms with Crippen molar-refractivity contribution < 1.29 is 4.79 Å². The zero-order valence-corrected chi connectivity index (χ0v) is 12.5. The first-order valence-electron chi connectivity index (χ1n) is 6.16. The van der Waals surface area contributed by atoms with Crippen molar-refractivity contribution in [3.8, 4) is 0 Å². The number of nitrogens with one attached hydrogen (secondary N) is 1. The maximum atomic E-state index is 11.9. The van der Waals surface area contributed by atoms with Crippen LogP contribution in [-0.2, 0) is 4.79 Å². The molecule has 0 bridgehead atoms. The minimum absolute atomic E-state index is 0.0856. The van der Waals surface area contributed by atoms with Crippen molar-refractivity contribution >= 4 is 23.4 Å². The molecule has 0 fully saturated rings. The van der Waals surface area contributed by atoms with Crippen molar-refractivity contribution in [2.24, 2.45) is 0 Å². The molecule has 110 valence electrons. The summed E-state index contributed by atoms with van der Waals surface area (Å²) in [5.41, 5.74) is 2.41. The van der Waals surface area contributed by atoms with Gasteiger partial charge in [0.1, 0.15) is 6.20 Å². The van der Waals surface area contributed by atoms with Crippen LogP contribution in [0.2, 0.25) is 0 Å². The molecule has 8 heteroatoms. The lowest BCUT2D eigenvalue weighted by Gasteiger charge is -2.08. The average molecular weight is 305 g/mol. The second-order valence-corrected chi connectivity index (χ2v) is 5.49. The van der Waals surface area contributed by atoms with E-state index in [1.807, 2.05) is 32.0 Å². The van der Waals surface area contributed by atoms with Crippen LogP contribution in [0.25, 0.3) is 0 Å². The van der Waals surface area contributed by atoms with Gasteiger partial charge in [-0.2, -0.15) is 9.77 Å². The molecule has 7 nitrogen and oxygen atoms in total. The average Bonchev–Trinajstić information content (AvgIpc) is 2.39. The molecule has 0 aliphatic rings. The van der Waals surface area contributed by atoms with Crippen molar-refractivity contribution in [2.75, 3.05) is 16.9 Å². The van der Waals surface area contributed by atoms with E-state index < -0.39 is 5.56 Å². The van der Waals surface area contributed by atoms with Gasteiger partial charge in [0.2, 0.25) is 11.1 Å². The molecule has 21 heavy (non-hydrogen) atoms. The molecule has 0 spiro atoms. The Hall–Kier alpha value is -2.35. The third kappa shape index (κ3) is 4.06. The predicted octanol–water partition coefficient (Wildman–Crippen LogP) is 0.700. The number of anilines is 1. The molecule has 0 saturated heterocycles. The molecule has 0 radical (unpaired) electrons. The van der Waals surface area contributed by atoms with Crippen LogP contribution in [0.5, 0.6) is 0 Å². The van der Waals surface area contributed by atoms with Crippen LogP contribution in [-0.4, -0.2) is 26.5 Å². The number of thioether (sulfide) groups is 1. The number of aromatic nitrogens is 3. The fourth-order valence-corrected chi connectivity index (χ4v) is 2.47. The Morgan fingerprint density at radius 2 is 2.00 bits per heavy atom. The number of carbonyl (C=O) groups is 1. The molecule has 0 saturated carbocycles. The summed E-state index contributed by atoms with van der Waals surface area (Å²) in [6, 6.07) is 5.80. The first kappa shape index (κ1) is 15.0. The number of nitrogen functional groups attached to an aromatic ring is 1. The summed E-state index contributed by atoms with van der Waals surface area (Å²) in [6.45, 7) is 3.92. The normalized spacial score (nSPS) is 10.4. The maximum Gasteiger partial charge on any atom is 0.291 e. The number of aryl methyl sites for hydroxylation is 2. The van der Waals surface area contributed by atoms with E-state index in [2.05, 4.69) is 15.5 Å². The van der Waals surface area contributed by atoms with E-state index in [0.717, 1.165) is 39.4 Å². The minimum Gasteiger partial charge on any atom is -0.334 e. The topological polar surface area (TPSA) is 103 Å². The lowest BCUT2D eigenvalue weighted by molar-refractivity contribution is -0.113. The van der Waals surface area contributed by atoms with E-state index in [4.69, 9.17) is 5.84 Å². The summed E-state index contributed by atoms with van der Waals surface area (Å²) in [4.78, 5) is 23.2. The Morgan fingerprint density at radius 1 is 1.33 bits per heavy atom. The molecule has 3 N–H and O–H groups in total. The summed E-state index contributed by atoms with van der Waals surface area (Å²) in [5.74, 6) is 5.39. The number of rotatable bonds is 4. The van der Waals surface area contributed by atoms with E-state index in [9.17, 15) is 9.59 Å². The van der Waals surface area contributed by atoms with Crippen molar-refractivity contribution in [3.63, 3.8) is 0 Å². The van der Waals surface area contributed by atoms with Gasteiger partial charge in [0.25, 0.3) is 5.56 Å². The van der Waals surface area contributed by atoms with Crippen LogP contribution in [0.1, 0.15) is 11.1 Å². The first-order valence-corrected chi connectivity index (χ1v) is 7.15. The summed E-state index contributed by atoms with van der Waals surface area (Å²) < 4.78 is 0.863. The number of nitrogens with two attached hydrogens (primary N) is 1. The van der Waals surface area contributed by atoms with Gasteiger partial charge in [-0.05, 0) is 37.1 Å². The van der Waals surface area contributed by atoms with Gasteiger partial charge in [0.05, 0.1) is 5.75 Å². The molecule has 0 aliphatic carbocycles. The van der Waals surface area contributed by atoms with E-state index in [-0.39, 0.29) is 16.8 Å². The number of carbonyl (C=O) groups excluding carboxylic acids is 1. The highest BCUT2D eigenvalue weighted by atomic mass is 32.2. The highest BCUT2D eigenvalue weighted by Crippen LogP contribution is 2.15. The van der Waals surface area contributed by atoms with Gasteiger partial charge in [-0.3, -0.25) is 9.59 Å². The lowest BCUT2D eigenvalue weighted by atomic mass is 10.1. The summed E-state index contributed by atoms with van der Waals surface area (Å²) in [6.07, 6.45) is 1.01. The standard InChI is InChI=1S/C13H15N5O2S/c1-8-3-9(2)5-10(4-8)16-11(19)7-21-13-17-15-6-12(20)18(13)14/h3-6H,7,14H2,1-2H3,(H,16,19). The second kappa shape index (κ2) is 6.40. The molecule has 1 amide bonds. The van der Waals surface area contributed by atoms with Gasteiger partial charge in [0, 0.05) is 5.69 Å². The predicted molar refractivity (Wildman–Crippen MR) is 81.7 cm³/mol. The van der Waals surface area contributed by atoms with Crippen molar-refractivity contribution in [1.82, 2.24) is 14.9 Å². The van der Waals surface area contributed by atoms with Gasteiger partial charge in [-0.25, -0.2) is 0 Å². The molecule has 0 aliphatic heterocycles. The van der Waals surface area contributed by atoms with Crippen LogP contribution in [0.4, 0.5) is 5.69 Å². The van der Waals surface area contributed by atoms with Gasteiger partial charge in [-0.1, -0.05) is 17.8 Å². The monoisotopic (exact) mass is 305 g/mol. The second-order valence-electron chi connectivity index (χ2n) is 4.55. The molecule has 1 aromatic carbocycles. The number of hydrogen-bond acceptors (Lipinski definition) is 6. The highest BCUT2D eigenvalue weighted by Gasteiger charge is 2.09. The van der Waals surface area contributed by atoms with Gasteiger partial charge >= 0.3 is 0 Å². The van der Waals surface area contributed by atoms with E-state index in [0.29, 0.717) is 0 Å². The van der Waals surface area contributed by atoms with Gasteiger partial charge < -0.3 is 11.2 Å². The van der Waals surface area contributed by atoms with Gasteiger partial charge in [0.15, 0.2) is 0 Å². The zero-order chi connectivity index (χ0) is 15.4. The fourth-order valence-electron chi connectivity index (χ4n) is 1.80. The minimum atomic E-state index is -0.470. The lowest BCUT2D eigenvalue weighted by Crippen LogP contribution is -2.30. The Morgan fingerprint density at radius 3 is 2.67 bits per heavy atom. The van der Waals surface area contributed by atoms with Crippen LogP contribution in [0.15, 0.2) is 34.3 Å². The van der Waals surface area contributed by atoms with Crippen LogP contribution < -0.4 is 16.7 Å². The molecule has 2 aromatic rings. The molecule has 2 rings (SSSR count). The Kier molecular flexibility index (Phi) is 4.59. The highest BCUT2D eigenvalue weighted by molar-refractivity contribution is 7.99. The van der Waals surface area contributed by atoms with E-state index in [1.54, 1.807) is 0 Å². The summed E-state index contributed by atoms with van der Waals surface area (Å²) >= 11 is 1.05. The Balaban J connectivity index is 1.99. The zero-order valence-electron chi connectivity index (χ0n) is 11.7. The van der Waals surface area contributed by atoms with Crippen molar-refractivity contribution in [3.05, 3.63) is 45.9 Å². The number of hydrogen-bond donors (Lipinski definition) is 2. The number of nitrogens with zero attached hydrogens (tertiary/aromatic N) is 3. The van der Waals surface area contributed by atoms with Crippen molar-refractivity contribution in [1.29, 1.82) is 0 Å². The molecule has 0 atom stereocenters. The van der Waals surface area contributed by atoms with E-state index in [1.165, 1.54) is 0 Å². The van der Waals surface area contributed by atoms with Crippen molar-refractivity contribution in [2.45, 2.75) is 19.0 Å². The Bertz CT molecular complexity index is 708. The van der Waals surface area contributed by atoms with Gasteiger partial charge in [-0.15, -0.1) is 5.10 Å². The number of benzene rings is 1. The quantitative estimate of drug-likeness (QED) is 0.636. The van der Waals surface area contributed by atoms with E-state index >= 15 is 0 Å². The number of amides is 1. The fraction of sp³-hybridized carbons (Fsp3) is 0.231.